The van der Waals surface area contributed by atoms with Crippen molar-refractivity contribution < 1.29 is 37.3 Å². The van der Waals surface area contributed by atoms with E-state index in [1.165, 1.54) is 11.7 Å². The molecule has 1 aliphatic rings. The van der Waals surface area contributed by atoms with Gasteiger partial charge >= 0.3 is 12.1 Å². The van der Waals surface area contributed by atoms with E-state index in [1.807, 2.05) is 64.0 Å². The number of methoxy groups -OCH3 is 2. The molecule has 0 saturated carbocycles. The summed E-state index contributed by atoms with van der Waals surface area (Å²) in [6.07, 6.45) is -0.741. The fraction of sp³-hybridized carbons (Fsp3) is 0.484. The number of ether oxygens (including phenoxy) is 4. The summed E-state index contributed by atoms with van der Waals surface area (Å²) in [7, 11) is 4.83. The number of anilines is 1. The van der Waals surface area contributed by atoms with E-state index in [0.717, 1.165) is 22.2 Å². The average Bonchev–Trinajstić information content (AvgIpc) is 3.40. The van der Waals surface area contributed by atoms with Crippen LogP contribution in [0.15, 0.2) is 42.6 Å². The number of piperidine rings is 1. The van der Waals surface area contributed by atoms with Crippen molar-refractivity contribution in [3.05, 3.63) is 59.3 Å². The standard InChI is InChI=1S/C31H39F2N3O6/c1-19-16-25(39-6)28(23-13-14-35(27(19)23)30(38)42-31(2,3)4)34(5)36-15-12-22(41-18-26(32)33)17-24(36)20-8-10-21(11-9-20)29(37)40-7/h8-11,13-14,16,22,24,26H,12,15,17-18H2,1-7H3/t22-,24-/m0/s1. The molecule has 0 amide bonds. The monoisotopic (exact) mass is 587 g/mol. The van der Waals surface area contributed by atoms with Crippen LogP contribution in [-0.2, 0) is 14.2 Å². The highest BCUT2D eigenvalue weighted by molar-refractivity contribution is 6.01. The van der Waals surface area contributed by atoms with Crippen LogP contribution in [0, 0.1) is 6.92 Å². The zero-order chi connectivity index (χ0) is 30.8. The van der Waals surface area contributed by atoms with Gasteiger partial charge in [-0.2, -0.15) is 0 Å². The minimum absolute atomic E-state index is 0.271. The van der Waals surface area contributed by atoms with Crippen LogP contribution in [0.3, 0.4) is 0 Å². The molecule has 2 atom stereocenters. The molecule has 0 bridgehead atoms. The lowest BCUT2D eigenvalue weighted by Crippen LogP contribution is -2.49. The highest BCUT2D eigenvalue weighted by atomic mass is 19.3. The van der Waals surface area contributed by atoms with Crippen molar-refractivity contribution in [1.82, 2.24) is 9.58 Å². The molecule has 1 saturated heterocycles. The third-order valence-corrected chi connectivity index (χ3v) is 7.32. The van der Waals surface area contributed by atoms with Gasteiger partial charge in [0.15, 0.2) is 0 Å². The second-order valence-electron chi connectivity index (χ2n) is 11.4. The molecule has 0 radical (unpaired) electrons. The van der Waals surface area contributed by atoms with Gasteiger partial charge in [0.05, 0.1) is 37.4 Å². The number of halogens is 2. The summed E-state index contributed by atoms with van der Waals surface area (Å²) in [5.74, 6) is 0.166. The highest BCUT2D eigenvalue weighted by Crippen LogP contribution is 2.43. The first-order chi connectivity index (χ1) is 19.8. The van der Waals surface area contributed by atoms with Crippen molar-refractivity contribution >= 4 is 28.7 Å². The smallest absolute Gasteiger partial charge is 0.419 e. The van der Waals surface area contributed by atoms with Crippen LogP contribution in [0.5, 0.6) is 5.75 Å². The fourth-order valence-corrected chi connectivity index (χ4v) is 5.48. The summed E-state index contributed by atoms with van der Waals surface area (Å²) >= 11 is 0. The number of benzene rings is 2. The lowest BCUT2D eigenvalue weighted by atomic mass is 9.93. The molecular formula is C31H39F2N3O6. The van der Waals surface area contributed by atoms with E-state index in [2.05, 4.69) is 5.01 Å². The van der Waals surface area contributed by atoms with E-state index in [1.54, 1.807) is 25.4 Å². The van der Waals surface area contributed by atoms with E-state index in [-0.39, 0.29) is 12.1 Å². The maximum Gasteiger partial charge on any atom is 0.419 e. The molecule has 9 nitrogen and oxygen atoms in total. The molecule has 228 valence electrons. The van der Waals surface area contributed by atoms with Gasteiger partial charge in [0.2, 0.25) is 0 Å². The Hall–Kier alpha value is -3.70. The predicted octanol–water partition coefficient (Wildman–Crippen LogP) is 6.37. The Labute approximate surface area is 244 Å². The van der Waals surface area contributed by atoms with Crippen molar-refractivity contribution in [2.24, 2.45) is 0 Å². The largest absolute Gasteiger partial charge is 0.494 e. The van der Waals surface area contributed by atoms with Crippen LogP contribution in [0.4, 0.5) is 19.3 Å². The van der Waals surface area contributed by atoms with Crippen molar-refractivity contribution in [3.8, 4) is 5.75 Å². The second-order valence-corrected chi connectivity index (χ2v) is 11.4. The predicted molar refractivity (Wildman–Crippen MR) is 155 cm³/mol. The van der Waals surface area contributed by atoms with Crippen LogP contribution in [0.1, 0.15) is 61.1 Å². The Balaban J connectivity index is 1.76. The first-order valence-corrected chi connectivity index (χ1v) is 13.8. The van der Waals surface area contributed by atoms with E-state index < -0.39 is 30.7 Å². The van der Waals surface area contributed by atoms with Gasteiger partial charge in [-0.1, -0.05) is 12.1 Å². The van der Waals surface area contributed by atoms with E-state index in [9.17, 15) is 18.4 Å². The van der Waals surface area contributed by atoms with Gasteiger partial charge in [0, 0.05) is 25.2 Å². The van der Waals surface area contributed by atoms with Crippen LogP contribution >= 0.6 is 0 Å². The Morgan fingerprint density at radius 3 is 2.40 bits per heavy atom. The summed E-state index contributed by atoms with van der Waals surface area (Å²) in [5.41, 5.74) is 2.90. The SMILES string of the molecule is COC(=O)c1ccc([C@@H]2C[C@@H](OCC(F)F)CCN2N(C)c2c(OC)cc(C)c3c2ccn3C(=O)OC(C)(C)C)cc1. The Morgan fingerprint density at radius 2 is 1.81 bits per heavy atom. The van der Waals surface area contributed by atoms with Gasteiger partial charge < -0.3 is 24.0 Å². The molecule has 0 spiro atoms. The molecule has 0 N–H and O–H groups in total. The average molecular weight is 588 g/mol. The molecular weight excluding hydrogens is 548 g/mol. The van der Waals surface area contributed by atoms with Crippen molar-refractivity contribution in [2.45, 2.75) is 64.7 Å². The summed E-state index contributed by atoms with van der Waals surface area (Å²) in [5, 5.41) is 4.91. The van der Waals surface area contributed by atoms with Crippen LogP contribution < -0.4 is 9.75 Å². The Kier molecular flexibility index (Phi) is 9.42. The topological polar surface area (TPSA) is 82.5 Å². The van der Waals surface area contributed by atoms with Gasteiger partial charge in [-0.25, -0.2) is 23.4 Å². The quantitative estimate of drug-likeness (QED) is 0.282. The molecule has 0 aliphatic carbocycles. The minimum atomic E-state index is -2.55. The Morgan fingerprint density at radius 1 is 1.12 bits per heavy atom. The van der Waals surface area contributed by atoms with E-state index in [0.29, 0.717) is 36.2 Å². The van der Waals surface area contributed by atoms with Gasteiger partial charge in [-0.3, -0.25) is 4.57 Å². The second kappa shape index (κ2) is 12.7. The molecule has 1 fully saturated rings. The summed E-state index contributed by atoms with van der Waals surface area (Å²) in [6.45, 7) is 7.24. The molecule has 3 aromatic rings. The lowest BCUT2D eigenvalue weighted by Gasteiger charge is -2.45. The lowest BCUT2D eigenvalue weighted by molar-refractivity contribution is -0.0600. The van der Waals surface area contributed by atoms with Gasteiger partial charge in [-0.05, 0) is 75.9 Å². The zero-order valence-corrected chi connectivity index (χ0v) is 25.1. The van der Waals surface area contributed by atoms with Gasteiger partial charge in [0.1, 0.15) is 23.6 Å². The third-order valence-electron chi connectivity index (χ3n) is 7.32. The number of aryl methyl sites for hydroxylation is 1. The molecule has 42 heavy (non-hydrogen) atoms. The number of carbonyl (C=O) groups is 2. The third kappa shape index (κ3) is 6.68. The summed E-state index contributed by atoms with van der Waals surface area (Å²) in [6, 6.07) is 10.5. The number of hydrazine groups is 1. The highest BCUT2D eigenvalue weighted by Gasteiger charge is 2.35. The van der Waals surface area contributed by atoms with E-state index in [4.69, 9.17) is 18.9 Å². The number of carbonyl (C=O) groups excluding carboxylic acids is 2. The molecule has 2 aromatic carbocycles. The number of esters is 1. The number of fused-ring (bicyclic) bond motifs is 1. The Bertz CT molecular complexity index is 1420. The van der Waals surface area contributed by atoms with Gasteiger partial charge in [0.25, 0.3) is 6.43 Å². The molecule has 2 heterocycles. The van der Waals surface area contributed by atoms with Crippen LogP contribution in [0.2, 0.25) is 0 Å². The normalized spacial score (nSPS) is 17.9. The van der Waals surface area contributed by atoms with Crippen molar-refractivity contribution in [1.29, 1.82) is 0 Å². The molecule has 0 unspecified atom stereocenters. The van der Waals surface area contributed by atoms with Crippen LogP contribution in [-0.4, -0.2) is 74.2 Å². The minimum Gasteiger partial charge on any atom is -0.494 e. The van der Waals surface area contributed by atoms with Crippen molar-refractivity contribution in [3.63, 3.8) is 0 Å². The number of alkyl halides is 2. The zero-order valence-electron chi connectivity index (χ0n) is 25.1. The maximum atomic E-state index is 13.1. The number of aromatic nitrogens is 1. The number of nitrogens with zero attached hydrogens (tertiary/aromatic N) is 3. The molecule has 4 rings (SSSR count). The fourth-order valence-electron chi connectivity index (χ4n) is 5.48. The van der Waals surface area contributed by atoms with Gasteiger partial charge in [-0.15, -0.1) is 0 Å². The molecule has 11 heteroatoms. The maximum absolute atomic E-state index is 13.1. The number of hydrogen-bond donors (Lipinski definition) is 0. The van der Waals surface area contributed by atoms with E-state index >= 15 is 0 Å². The number of rotatable bonds is 8. The first-order valence-electron chi connectivity index (χ1n) is 13.8. The summed E-state index contributed by atoms with van der Waals surface area (Å²) in [4.78, 5) is 25.1. The summed E-state index contributed by atoms with van der Waals surface area (Å²) < 4.78 is 49.3. The number of hydrogen-bond acceptors (Lipinski definition) is 8. The first kappa shape index (κ1) is 31.2. The molecule has 1 aromatic heterocycles. The molecule has 1 aliphatic heterocycles. The van der Waals surface area contributed by atoms with Crippen molar-refractivity contribution in [2.75, 3.05) is 39.4 Å². The van der Waals surface area contributed by atoms with Crippen LogP contribution in [0.25, 0.3) is 10.9 Å².